The van der Waals surface area contributed by atoms with E-state index < -0.39 is 0 Å². The fraction of sp³-hybridized carbons (Fsp3) is 0.143. The average Bonchev–Trinajstić information content (AvgIpc) is 3.72. The zero-order valence-electron chi connectivity index (χ0n) is 20.1. The maximum absolute atomic E-state index is 13.2. The van der Waals surface area contributed by atoms with Crippen LogP contribution in [-0.4, -0.2) is 31.0 Å². The lowest BCUT2D eigenvalue weighted by Gasteiger charge is -2.05. The minimum atomic E-state index is -0.192. The predicted molar refractivity (Wildman–Crippen MR) is 149 cm³/mol. The highest BCUT2D eigenvalue weighted by Crippen LogP contribution is 2.28. The summed E-state index contributed by atoms with van der Waals surface area (Å²) in [5.74, 6) is 1.34. The number of hydrogen-bond donors (Lipinski definition) is 0. The quantitative estimate of drug-likeness (QED) is 0.247. The molecule has 0 fully saturated rings. The molecule has 0 spiro atoms. The molecule has 9 heteroatoms. The first-order valence-electron chi connectivity index (χ1n) is 12.0. The van der Waals surface area contributed by atoms with E-state index in [9.17, 15) is 4.79 Å². The predicted octanol–water partition coefficient (Wildman–Crippen LogP) is 5.46. The lowest BCUT2D eigenvalue weighted by Crippen LogP contribution is -2.23. The van der Waals surface area contributed by atoms with E-state index in [0.29, 0.717) is 21.9 Å². The number of hydrogen-bond acceptors (Lipinski definition) is 7. The summed E-state index contributed by atoms with van der Waals surface area (Å²) in [7, 11) is 0. The lowest BCUT2D eigenvalue weighted by atomic mass is 10.2. The van der Waals surface area contributed by atoms with Crippen LogP contribution in [0.15, 0.2) is 83.1 Å². The van der Waals surface area contributed by atoms with E-state index in [4.69, 9.17) is 9.84 Å². The molecule has 2 aromatic carbocycles. The van der Waals surface area contributed by atoms with Crippen LogP contribution in [0.1, 0.15) is 25.3 Å². The number of para-hydroxylation sites is 1. The Balaban J connectivity index is 1.35. The van der Waals surface area contributed by atoms with Gasteiger partial charge in [0.2, 0.25) is 4.96 Å². The van der Waals surface area contributed by atoms with Crippen molar-refractivity contribution in [2.24, 2.45) is 0 Å². The Morgan fingerprint density at radius 1 is 1.00 bits per heavy atom. The van der Waals surface area contributed by atoms with Crippen LogP contribution >= 0.6 is 22.7 Å². The Kier molecular flexibility index (Phi) is 6.38. The maximum atomic E-state index is 13.2. The van der Waals surface area contributed by atoms with Crippen molar-refractivity contribution in [1.29, 1.82) is 0 Å². The van der Waals surface area contributed by atoms with Crippen molar-refractivity contribution < 1.29 is 4.74 Å². The molecule has 0 saturated carbocycles. The number of ether oxygens (including phenoxy) is 1. The molecule has 4 heterocycles. The molecular formula is C28H23N5O2S2. The highest BCUT2D eigenvalue weighted by molar-refractivity contribution is 7.15. The fourth-order valence-corrected chi connectivity index (χ4v) is 5.57. The second kappa shape index (κ2) is 10.1. The summed E-state index contributed by atoms with van der Waals surface area (Å²) in [6.07, 6.45) is 5.95. The van der Waals surface area contributed by atoms with E-state index in [1.165, 1.54) is 15.9 Å². The second-order valence-electron chi connectivity index (χ2n) is 8.46. The van der Waals surface area contributed by atoms with Crippen LogP contribution in [0.4, 0.5) is 0 Å². The van der Waals surface area contributed by atoms with E-state index in [1.54, 1.807) is 11.3 Å². The van der Waals surface area contributed by atoms with Crippen LogP contribution in [0.3, 0.4) is 0 Å². The summed E-state index contributed by atoms with van der Waals surface area (Å²) in [5.41, 5.74) is 3.30. The van der Waals surface area contributed by atoms with Gasteiger partial charge in [-0.05, 0) is 60.3 Å². The topological polar surface area (TPSA) is 74.3 Å². The van der Waals surface area contributed by atoms with Gasteiger partial charge < -0.3 is 4.74 Å². The summed E-state index contributed by atoms with van der Waals surface area (Å²) in [6.45, 7) is 2.84. The normalized spacial score (nSPS) is 12.0. The Hall–Kier alpha value is -4.08. The van der Waals surface area contributed by atoms with Gasteiger partial charge in [-0.25, -0.2) is 4.68 Å². The van der Waals surface area contributed by atoms with Crippen LogP contribution in [0.25, 0.3) is 38.7 Å². The Morgan fingerprint density at radius 2 is 1.84 bits per heavy atom. The van der Waals surface area contributed by atoms with Crippen molar-refractivity contribution in [3.63, 3.8) is 0 Å². The first kappa shape index (κ1) is 23.3. The molecule has 7 nitrogen and oxygen atoms in total. The van der Waals surface area contributed by atoms with Gasteiger partial charge in [-0.2, -0.15) is 14.6 Å². The van der Waals surface area contributed by atoms with Gasteiger partial charge in [0.1, 0.15) is 11.4 Å². The summed E-state index contributed by atoms with van der Waals surface area (Å²) < 4.78 is 9.52. The summed E-state index contributed by atoms with van der Waals surface area (Å²) in [6, 6.07) is 21.6. The van der Waals surface area contributed by atoms with Gasteiger partial charge in [0.15, 0.2) is 5.82 Å². The highest BCUT2D eigenvalue weighted by Gasteiger charge is 2.15. The molecule has 0 aliphatic rings. The molecule has 0 unspecified atom stereocenters. The van der Waals surface area contributed by atoms with Crippen LogP contribution < -0.4 is 14.8 Å². The molecular weight excluding hydrogens is 502 g/mol. The van der Waals surface area contributed by atoms with E-state index >= 15 is 0 Å². The van der Waals surface area contributed by atoms with E-state index in [-0.39, 0.29) is 5.56 Å². The maximum Gasteiger partial charge on any atom is 0.291 e. The minimum Gasteiger partial charge on any atom is -0.494 e. The fourth-order valence-electron chi connectivity index (χ4n) is 3.94. The molecule has 0 amide bonds. The van der Waals surface area contributed by atoms with Crippen LogP contribution in [-0.2, 0) is 0 Å². The number of aromatic nitrogens is 5. The number of nitrogens with zero attached hydrogens (tertiary/aromatic N) is 5. The molecule has 37 heavy (non-hydrogen) atoms. The summed E-state index contributed by atoms with van der Waals surface area (Å²) >= 11 is 2.94. The van der Waals surface area contributed by atoms with Crippen molar-refractivity contribution >= 4 is 33.7 Å². The molecule has 0 aliphatic heterocycles. The standard InChI is InChI=1S/C28H23N5O2S2/c1-2-3-15-35-22-13-11-19(12-14-22)26-29-28-33(31-26)27(34)24(37-28)17-20-18-32(21-8-5-4-6-9-21)30-25(20)23-10-7-16-36-23/h4-14,16-18H,2-3,15H2,1H3. The van der Waals surface area contributed by atoms with Crippen molar-refractivity contribution in [2.75, 3.05) is 6.61 Å². The van der Waals surface area contributed by atoms with Crippen molar-refractivity contribution in [3.8, 4) is 33.4 Å². The van der Waals surface area contributed by atoms with Gasteiger partial charge in [0.05, 0.1) is 21.7 Å². The molecule has 184 valence electrons. The van der Waals surface area contributed by atoms with Crippen LogP contribution in [0.5, 0.6) is 5.75 Å². The third-order valence-corrected chi connectivity index (χ3v) is 7.70. The lowest BCUT2D eigenvalue weighted by molar-refractivity contribution is 0.309. The van der Waals surface area contributed by atoms with Gasteiger partial charge in [0, 0.05) is 17.3 Å². The summed E-state index contributed by atoms with van der Waals surface area (Å²) in [5, 5.41) is 11.3. The van der Waals surface area contributed by atoms with Gasteiger partial charge in [0.25, 0.3) is 5.56 Å². The minimum absolute atomic E-state index is 0.192. The molecule has 0 N–H and O–H groups in total. The monoisotopic (exact) mass is 525 g/mol. The van der Waals surface area contributed by atoms with E-state index in [1.807, 2.05) is 89.1 Å². The number of fused-ring (bicyclic) bond motifs is 1. The second-order valence-corrected chi connectivity index (χ2v) is 10.4. The average molecular weight is 526 g/mol. The molecule has 0 aliphatic carbocycles. The van der Waals surface area contributed by atoms with Gasteiger partial charge in [-0.15, -0.1) is 16.4 Å². The Morgan fingerprint density at radius 3 is 2.57 bits per heavy atom. The first-order chi connectivity index (χ1) is 18.2. The van der Waals surface area contributed by atoms with Gasteiger partial charge in [-0.1, -0.05) is 48.9 Å². The van der Waals surface area contributed by atoms with Gasteiger partial charge in [-0.3, -0.25) is 4.79 Å². The third-order valence-electron chi connectivity index (χ3n) is 5.87. The molecule has 0 saturated heterocycles. The van der Waals surface area contributed by atoms with Crippen LogP contribution in [0.2, 0.25) is 0 Å². The summed E-state index contributed by atoms with van der Waals surface area (Å²) in [4.78, 5) is 19.5. The number of thiazole rings is 1. The van der Waals surface area contributed by atoms with Crippen molar-refractivity contribution in [3.05, 3.63) is 98.8 Å². The molecule has 6 aromatic rings. The number of thiophene rings is 1. The zero-order chi connectivity index (χ0) is 25.2. The smallest absolute Gasteiger partial charge is 0.291 e. The number of benzene rings is 2. The molecule has 0 bridgehead atoms. The molecule has 4 aromatic heterocycles. The number of unbranched alkanes of at least 4 members (excludes halogenated alkanes) is 1. The van der Waals surface area contributed by atoms with E-state index in [2.05, 4.69) is 17.0 Å². The Labute approximate surface area is 220 Å². The van der Waals surface area contributed by atoms with Crippen molar-refractivity contribution in [1.82, 2.24) is 24.4 Å². The van der Waals surface area contributed by atoms with Gasteiger partial charge >= 0.3 is 0 Å². The largest absolute Gasteiger partial charge is 0.494 e. The molecule has 0 radical (unpaired) electrons. The zero-order valence-corrected chi connectivity index (χ0v) is 21.7. The first-order valence-corrected chi connectivity index (χ1v) is 13.7. The van der Waals surface area contributed by atoms with E-state index in [0.717, 1.165) is 46.0 Å². The molecule has 6 rings (SSSR count). The highest BCUT2D eigenvalue weighted by atomic mass is 32.1. The van der Waals surface area contributed by atoms with Crippen LogP contribution in [0, 0.1) is 0 Å². The van der Waals surface area contributed by atoms with Crippen molar-refractivity contribution in [2.45, 2.75) is 19.8 Å². The number of rotatable bonds is 8. The molecule has 0 atom stereocenters. The SMILES string of the molecule is CCCCOc1ccc(-c2nc3sc(=Cc4cn(-c5ccccc5)nc4-c4cccs4)c(=O)n3n2)cc1. The Bertz CT molecular complexity index is 1750. The third kappa shape index (κ3) is 4.71.